The van der Waals surface area contributed by atoms with Gasteiger partial charge in [0.15, 0.2) is 0 Å². The predicted molar refractivity (Wildman–Crippen MR) is 102 cm³/mol. The maximum Gasteiger partial charge on any atom is 0.227 e. The van der Waals surface area contributed by atoms with Gasteiger partial charge in [-0.1, -0.05) is 45.8 Å². The lowest BCUT2D eigenvalue weighted by atomic mass is 9.95. The van der Waals surface area contributed by atoms with Crippen LogP contribution in [0.1, 0.15) is 24.0 Å². The second-order valence-electron chi connectivity index (χ2n) is 6.53. The van der Waals surface area contributed by atoms with Crippen LogP contribution in [0.15, 0.2) is 53.0 Å². The minimum Gasteiger partial charge on any atom is -0.326 e. The van der Waals surface area contributed by atoms with Gasteiger partial charge in [0.1, 0.15) is 0 Å². The van der Waals surface area contributed by atoms with Crippen molar-refractivity contribution in [2.75, 3.05) is 18.4 Å². The zero-order valence-electron chi connectivity index (χ0n) is 14.0. The first-order valence-corrected chi connectivity index (χ1v) is 9.24. The van der Waals surface area contributed by atoms with E-state index in [9.17, 15) is 4.79 Å². The lowest BCUT2D eigenvalue weighted by Crippen LogP contribution is -2.37. The molecule has 2 aromatic carbocycles. The monoisotopic (exact) mass is 386 g/mol. The second kappa shape index (κ2) is 7.95. The van der Waals surface area contributed by atoms with Crippen LogP contribution < -0.4 is 5.32 Å². The van der Waals surface area contributed by atoms with Gasteiger partial charge < -0.3 is 5.32 Å². The minimum absolute atomic E-state index is 0.114. The van der Waals surface area contributed by atoms with Crippen LogP contribution >= 0.6 is 15.9 Å². The topological polar surface area (TPSA) is 32.3 Å². The summed E-state index contributed by atoms with van der Waals surface area (Å²) >= 11 is 3.41. The van der Waals surface area contributed by atoms with Crippen molar-refractivity contribution >= 4 is 27.5 Å². The fourth-order valence-electron chi connectivity index (χ4n) is 3.08. The summed E-state index contributed by atoms with van der Waals surface area (Å²) in [7, 11) is 0. The van der Waals surface area contributed by atoms with Gasteiger partial charge >= 0.3 is 0 Å². The molecular formula is C20H23BrN2O. The molecular weight excluding hydrogens is 364 g/mol. The average molecular weight is 387 g/mol. The molecule has 1 aliphatic heterocycles. The number of hydrogen-bond acceptors (Lipinski definition) is 2. The Balaban J connectivity index is 1.48. The van der Waals surface area contributed by atoms with Crippen LogP contribution in [0.4, 0.5) is 5.69 Å². The predicted octanol–water partition coefficient (Wildman–Crippen LogP) is 4.61. The molecule has 0 spiro atoms. The van der Waals surface area contributed by atoms with Gasteiger partial charge in [-0.15, -0.1) is 0 Å². The standard InChI is InChI=1S/C20H23BrN2O/c1-15-2-4-16(5-3-15)14-23-12-10-17(11-13-23)20(24)22-19-8-6-18(21)7-9-19/h2-9,17H,10-14H2,1H3,(H,22,24). The van der Waals surface area contributed by atoms with Crippen molar-refractivity contribution in [2.45, 2.75) is 26.3 Å². The van der Waals surface area contributed by atoms with Gasteiger partial charge in [-0.3, -0.25) is 9.69 Å². The Kier molecular flexibility index (Phi) is 5.69. The molecule has 1 saturated heterocycles. The third kappa shape index (κ3) is 4.68. The summed E-state index contributed by atoms with van der Waals surface area (Å²) in [5.74, 6) is 0.259. The van der Waals surface area contributed by atoms with Gasteiger partial charge in [0, 0.05) is 22.6 Å². The molecule has 3 nitrogen and oxygen atoms in total. The van der Waals surface area contributed by atoms with E-state index in [0.717, 1.165) is 42.6 Å². The molecule has 4 heteroatoms. The fourth-order valence-corrected chi connectivity index (χ4v) is 3.35. The molecule has 2 aromatic rings. The first-order chi connectivity index (χ1) is 11.6. The van der Waals surface area contributed by atoms with Crippen LogP contribution in [0.25, 0.3) is 0 Å². The number of aryl methyl sites for hydroxylation is 1. The fraction of sp³-hybridized carbons (Fsp3) is 0.350. The van der Waals surface area contributed by atoms with Crippen LogP contribution in [0.5, 0.6) is 0 Å². The van der Waals surface area contributed by atoms with E-state index in [0.29, 0.717) is 0 Å². The normalized spacial score (nSPS) is 16.1. The van der Waals surface area contributed by atoms with Gasteiger partial charge in [-0.05, 0) is 62.7 Å². The van der Waals surface area contributed by atoms with E-state index >= 15 is 0 Å². The zero-order valence-corrected chi connectivity index (χ0v) is 15.6. The van der Waals surface area contributed by atoms with Crippen LogP contribution in [0.2, 0.25) is 0 Å². The van der Waals surface area contributed by atoms with Crippen molar-refractivity contribution in [3.05, 3.63) is 64.1 Å². The molecule has 1 amide bonds. The molecule has 1 fully saturated rings. The number of amides is 1. The van der Waals surface area contributed by atoms with Crippen LogP contribution in [-0.4, -0.2) is 23.9 Å². The molecule has 24 heavy (non-hydrogen) atoms. The van der Waals surface area contributed by atoms with Gasteiger partial charge in [0.2, 0.25) is 5.91 Å². The molecule has 0 saturated carbocycles. The van der Waals surface area contributed by atoms with E-state index in [1.165, 1.54) is 11.1 Å². The number of piperidine rings is 1. The highest BCUT2D eigenvalue weighted by Gasteiger charge is 2.25. The Morgan fingerprint density at radius 2 is 1.71 bits per heavy atom. The Morgan fingerprint density at radius 1 is 1.08 bits per heavy atom. The van der Waals surface area contributed by atoms with Crippen molar-refractivity contribution in [2.24, 2.45) is 5.92 Å². The number of carbonyl (C=O) groups is 1. The Hall–Kier alpha value is -1.65. The molecule has 1 N–H and O–H groups in total. The summed E-state index contributed by atoms with van der Waals surface area (Å²) in [5, 5.41) is 3.03. The van der Waals surface area contributed by atoms with Gasteiger partial charge in [-0.25, -0.2) is 0 Å². The third-order valence-electron chi connectivity index (χ3n) is 4.60. The number of likely N-dealkylation sites (tertiary alicyclic amines) is 1. The summed E-state index contributed by atoms with van der Waals surface area (Å²) < 4.78 is 1.02. The number of carbonyl (C=O) groups excluding carboxylic acids is 1. The zero-order chi connectivity index (χ0) is 16.9. The molecule has 0 radical (unpaired) electrons. The summed E-state index contributed by atoms with van der Waals surface area (Å²) in [6, 6.07) is 16.5. The molecule has 0 bridgehead atoms. The molecule has 1 aliphatic rings. The smallest absolute Gasteiger partial charge is 0.227 e. The Labute approximate surface area is 152 Å². The van der Waals surface area contributed by atoms with Crippen molar-refractivity contribution in [3.63, 3.8) is 0 Å². The third-order valence-corrected chi connectivity index (χ3v) is 5.13. The van der Waals surface area contributed by atoms with Crippen LogP contribution in [0, 0.1) is 12.8 Å². The average Bonchev–Trinajstić information content (AvgIpc) is 2.59. The molecule has 3 rings (SSSR count). The van der Waals surface area contributed by atoms with Gasteiger partial charge in [-0.2, -0.15) is 0 Å². The SMILES string of the molecule is Cc1ccc(CN2CCC(C(=O)Nc3ccc(Br)cc3)CC2)cc1. The first kappa shape index (κ1) is 17.2. The highest BCUT2D eigenvalue weighted by Crippen LogP contribution is 2.22. The summed E-state index contributed by atoms with van der Waals surface area (Å²) in [5.41, 5.74) is 3.51. The lowest BCUT2D eigenvalue weighted by molar-refractivity contribution is -0.121. The molecule has 126 valence electrons. The minimum atomic E-state index is 0.114. The van der Waals surface area contributed by atoms with Crippen molar-refractivity contribution in [1.29, 1.82) is 0 Å². The van der Waals surface area contributed by atoms with E-state index in [2.05, 4.69) is 57.3 Å². The molecule has 0 aromatic heterocycles. The highest BCUT2D eigenvalue weighted by molar-refractivity contribution is 9.10. The number of halogens is 1. The lowest BCUT2D eigenvalue weighted by Gasteiger charge is -2.31. The largest absolute Gasteiger partial charge is 0.326 e. The molecule has 1 heterocycles. The number of anilines is 1. The van der Waals surface area contributed by atoms with E-state index < -0.39 is 0 Å². The van der Waals surface area contributed by atoms with Crippen LogP contribution in [0.3, 0.4) is 0 Å². The highest BCUT2D eigenvalue weighted by atomic mass is 79.9. The summed E-state index contributed by atoms with van der Waals surface area (Å²) in [6.45, 7) is 5.04. The molecule has 0 atom stereocenters. The Morgan fingerprint density at radius 3 is 2.33 bits per heavy atom. The molecule has 0 aliphatic carbocycles. The number of nitrogens with one attached hydrogen (secondary N) is 1. The van der Waals surface area contributed by atoms with Crippen molar-refractivity contribution in [3.8, 4) is 0 Å². The van der Waals surface area contributed by atoms with Crippen molar-refractivity contribution < 1.29 is 4.79 Å². The number of rotatable bonds is 4. The van der Waals surface area contributed by atoms with Crippen LogP contribution in [-0.2, 0) is 11.3 Å². The van der Waals surface area contributed by atoms with Crippen molar-refractivity contribution in [1.82, 2.24) is 4.90 Å². The van der Waals surface area contributed by atoms with E-state index in [-0.39, 0.29) is 11.8 Å². The maximum absolute atomic E-state index is 12.4. The number of hydrogen-bond donors (Lipinski definition) is 1. The van der Waals surface area contributed by atoms with E-state index in [1.54, 1.807) is 0 Å². The van der Waals surface area contributed by atoms with E-state index in [1.807, 2.05) is 24.3 Å². The summed E-state index contributed by atoms with van der Waals surface area (Å²) in [4.78, 5) is 14.9. The second-order valence-corrected chi connectivity index (χ2v) is 7.45. The van der Waals surface area contributed by atoms with Gasteiger partial charge in [0.25, 0.3) is 0 Å². The van der Waals surface area contributed by atoms with E-state index in [4.69, 9.17) is 0 Å². The maximum atomic E-state index is 12.4. The quantitative estimate of drug-likeness (QED) is 0.831. The molecule has 0 unspecified atom stereocenters. The first-order valence-electron chi connectivity index (χ1n) is 8.44. The number of nitrogens with zero attached hydrogens (tertiary/aromatic N) is 1. The summed E-state index contributed by atoms with van der Waals surface area (Å²) in [6.07, 6.45) is 1.85. The Bertz CT molecular complexity index is 674. The number of benzene rings is 2. The van der Waals surface area contributed by atoms with Gasteiger partial charge in [0.05, 0.1) is 0 Å².